The van der Waals surface area contributed by atoms with Gasteiger partial charge in [0.15, 0.2) is 5.16 Å². The second kappa shape index (κ2) is 8.09. The number of anilines is 1. The minimum absolute atomic E-state index is 0.0808. The Morgan fingerprint density at radius 3 is 2.59 bits per heavy atom. The fourth-order valence-electron chi connectivity index (χ4n) is 3.24. The zero-order valence-electron chi connectivity index (χ0n) is 16.3. The lowest BCUT2D eigenvalue weighted by Gasteiger charge is -2.15. The Bertz CT molecular complexity index is 1270. The van der Waals surface area contributed by atoms with Crippen molar-refractivity contribution in [2.75, 3.05) is 5.32 Å². The first-order valence-corrected chi connectivity index (χ1v) is 10.4. The number of nitrogens with one attached hydrogen (secondary N) is 1. The molecule has 0 spiro atoms. The number of carbonyl (C=O) groups is 1. The number of benzene rings is 3. The van der Waals surface area contributed by atoms with E-state index in [1.165, 1.54) is 11.8 Å². The largest absolute Gasteiger partial charge is 0.325 e. The van der Waals surface area contributed by atoms with Crippen LogP contribution in [0.15, 0.2) is 76.7 Å². The molecule has 0 bridgehead atoms. The molecule has 1 aromatic heterocycles. The van der Waals surface area contributed by atoms with Gasteiger partial charge in [0, 0.05) is 12.2 Å². The maximum Gasteiger partial charge on any atom is 0.262 e. The molecule has 0 saturated carbocycles. The highest BCUT2D eigenvalue weighted by Crippen LogP contribution is 2.24. The lowest BCUT2D eigenvalue weighted by atomic mass is 10.1. The number of aromatic nitrogens is 2. The van der Waals surface area contributed by atoms with E-state index in [1.807, 2.05) is 74.5 Å². The van der Waals surface area contributed by atoms with E-state index in [4.69, 9.17) is 0 Å². The average Bonchev–Trinajstić information content (AvgIpc) is 2.74. The second-order valence-electron chi connectivity index (χ2n) is 6.77. The van der Waals surface area contributed by atoms with E-state index in [9.17, 15) is 9.59 Å². The van der Waals surface area contributed by atoms with Gasteiger partial charge in [-0.25, -0.2) is 4.98 Å². The summed E-state index contributed by atoms with van der Waals surface area (Å²) in [5.41, 5.74) is 1.31. The Morgan fingerprint density at radius 1 is 1.07 bits per heavy atom. The van der Waals surface area contributed by atoms with Crippen molar-refractivity contribution >= 4 is 45.0 Å². The molecule has 0 fully saturated rings. The molecular weight excluding hydrogens is 382 g/mol. The Hall–Kier alpha value is -3.12. The van der Waals surface area contributed by atoms with Crippen molar-refractivity contribution in [3.8, 4) is 0 Å². The summed E-state index contributed by atoms with van der Waals surface area (Å²) in [6.45, 7) is 4.22. The van der Waals surface area contributed by atoms with Crippen molar-refractivity contribution in [3.63, 3.8) is 0 Å². The molecule has 146 valence electrons. The number of thioether (sulfide) groups is 1. The third-order valence-electron chi connectivity index (χ3n) is 4.81. The van der Waals surface area contributed by atoms with Gasteiger partial charge in [-0.2, -0.15) is 0 Å². The van der Waals surface area contributed by atoms with Crippen molar-refractivity contribution in [1.82, 2.24) is 9.55 Å². The molecule has 3 aromatic carbocycles. The molecular formula is C23H21N3O2S. The first-order valence-electron chi connectivity index (χ1n) is 9.52. The fraction of sp³-hybridized carbons (Fsp3) is 0.174. The van der Waals surface area contributed by atoms with E-state index in [0.717, 1.165) is 16.5 Å². The van der Waals surface area contributed by atoms with Crippen LogP contribution in [-0.2, 0) is 11.3 Å². The number of rotatable bonds is 5. The highest BCUT2D eigenvalue weighted by molar-refractivity contribution is 8.00. The van der Waals surface area contributed by atoms with Crippen LogP contribution in [0.2, 0.25) is 0 Å². The topological polar surface area (TPSA) is 64.0 Å². The van der Waals surface area contributed by atoms with Gasteiger partial charge in [-0.05, 0) is 48.9 Å². The summed E-state index contributed by atoms with van der Waals surface area (Å²) in [5, 5.41) is 5.90. The van der Waals surface area contributed by atoms with Crippen molar-refractivity contribution in [2.24, 2.45) is 0 Å². The standard InChI is InChI=1S/C23H21N3O2S/c1-3-26-22(28)19-10-6-7-11-20(19)25-23(26)29-15(2)21(27)24-18-13-12-16-8-4-5-9-17(16)14-18/h4-15H,3H2,1-2H3,(H,24,27). The Labute approximate surface area is 172 Å². The predicted molar refractivity (Wildman–Crippen MR) is 120 cm³/mol. The monoisotopic (exact) mass is 403 g/mol. The quantitative estimate of drug-likeness (QED) is 0.388. The molecule has 1 amide bonds. The Balaban J connectivity index is 1.57. The Morgan fingerprint density at radius 2 is 1.79 bits per heavy atom. The van der Waals surface area contributed by atoms with Crippen LogP contribution in [0.1, 0.15) is 13.8 Å². The zero-order chi connectivity index (χ0) is 20.4. The number of fused-ring (bicyclic) bond motifs is 2. The van der Waals surface area contributed by atoms with Crippen molar-refractivity contribution in [3.05, 3.63) is 77.1 Å². The highest BCUT2D eigenvalue weighted by atomic mass is 32.2. The lowest BCUT2D eigenvalue weighted by molar-refractivity contribution is -0.115. The first-order chi connectivity index (χ1) is 14.1. The number of amides is 1. The molecule has 0 aliphatic rings. The molecule has 4 rings (SSSR count). The third kappa shape index (κ3) is 3.89. The minimum atomic E-state index is -0.410. The van der Waals surface area contributed by atoms with E-state index in [0.29, 0.717) is 22.6 Å². The van der Waals surface area contributed by atoms with Crippen LogP contribution < -0.4 is 10.9 Å². The molecule has 1 heterocycles. The first kappa shape index (κ1) is 19.2. The number of carbonyl (C=O) groups excluding carboxylic acids is 1. The van der Waals surface area contributed by atoms with Gasteiger partial charge < -0.3 is 5.32 Å². The molecule has 1 atom stereocenters. The van der Waals surface area contributed by atoms with Crippen LogP contribution in [0.5, 0.6) is 0 Å². The molecule has 0 radical (unpaired) electrons. The smallest absolute Gasteiger partial charge is 0.262 e. The van der Waals surface area contributed by atoms with E-state index in [-0.39, 0.29) is 11.5 Å². The maximum absolute atomic E-state index is 12.8. The third-order valence-corrected chi connectivity index (χ3v) is 5.90. The van der Waals surface area contributed by atoms with Crippen LogP contribution in [0.3, 0.4) is 0 Å². The van der Waals surface area contributed by atoms with Crippen LogP contribution in [-0.4, -0.2) is 20.7 Å². The number of hydrogen-bond donors (Lipinski definition) is 1. The zero-order valence-corrected chi connectivity index (χ0v) is 17.1. The molecule has 0 aliphatic heterocycles. The number of nitrogens with zero attached hydrogens (tertiary/aromatic N) is 2. The van der Waals surface area contributed by atoms with Gasteiger partial charge in [0.2, 0.25) is 5.91 Å². The summed E-state index contributed by atoms with van der Waals surface area (Å²) in [4.78, 5) is 30.1. The van der Waals surface area contributed by atoms with Crippen LogP contribution in [0.25, 0.3) is 21.7 Å². The SMILES string of the molecule is CCn1c(SC(C)C(=O)Nc2ccc3ccccc3c2)nc2ccccc2c1=O. The predicted octanol–water partition coefficient (Wildman–Crippen LogP) is 4.69. The van der Waals surface area contributed by atoms with Gasteiger partial charge >= 0.3 is 0 Å². The number of para-hydroxylation sites is 1. The summed E-state index contributed by atoms with van der Waals surface area (Å²) >= 11 is 1.29. The minimum Gasteiger partial charge on any atom is -0.325 e. The molecule has 6 heteroatoms. The molecule has 1 N–H and O–H groups in total. The van der Waals surface area contributed by atoms with Gasteiger partial charge in [0.25, 0.3) is 5.56 Å². The average molecular weight is 404 g/mol. The van der Waals surface area contributed by atoms with Crippen molar-refractivity contribution in [2.45, 2.75) is 30.8 Å². The van der Waals surface area contributed by atoms with Crippen LogP contribution >= 0.6 is 11.8 Å². The van der Waals surface area contributed by atoms with E-state index < -0.39 is 5.25 Å². The van der Waals surface area contributed by atoms with E-state index >= 15 is 0 Å². The number of hydrogen-bond acceptors (Lipinski definition) is 4. The van der Waals surface area contributed by atoms with Gasteiger partial charge in [-0.15, -0.1) is 0 Å². The Kier molecular flexibility index (Phi) is 5.36. The lowest BCUT2D eigenvalue weighted by Crippen LogP contribution is -2.26. The van der Waals surface area contributed by atoms with Gasteiger partial charge in [-0.1, -0.05) is 54.2 Å². The summed E-state index contributed by atoms with van der Waals surface area (Å²) in [6.07, 6.45) is 0. The summed E-state index contributed by atoms with van der Waals surface area (Å²) in [5.74, 6) is -0.129. The maximum atomic E-state index is 12.8. The van der Waals surface area contributed by atoms with Gasteiger partial charge in [0.1, 0.15) is 0 Å². The van der Waals surface area contributed by atoms with Crippen LogP contribution in [0, 0.1) is 0 Å². The highest BCUT2D eigenvalue weighted by Gasteiger charge is 2.19. The summed E-state index contributed by atoms with van der Waals surface area (Å²) < 4.78 is 1.62. The van der Waals surface area contributed by atoms with Gasteiger partial charge in [-0.3, -0.25) is 14.2 Å². The van der Waals surface area contributed by atoms with Crippen LogP contribution in [0.4, 0.5) is 5.69 Å². The van der Waals surface area contributed by atoms with E-state index in [1.54, 1.807) is 10.6 Å². The van der Waals surface area contributed by atoms with Crippen molar-refractivity contribution in [1.29, 1.82) is 0 Å². The molecule has 29 heavy (non-hydrogen) atoms. The normalized spacial score (nSPS) is 12.2. The molecule has 5 nitrogen and oxygen atoms in total. The fourth-order valence-corrected chi connectivity index (χ4v) is 4.21. The molecule has 4 aromatic rings. The molecule has 0 saturated heterocycles. The second-order valence-corrected chi connectivity index (χ2v) is 8.08. The van der Waals surface area contributed by atoms with Gasteiger partial charge in [0.05, 0.1) is 16.2 Å². The molecule has 1 unspecified atom stereocenters. The summed E-state index contributed by atoms with van der Waals surface area (Å²) in [7, 11) is 0. The molecule has 0 aliphatic carbocycles. The van der Waals surface area contributed by atoms with Crippen molar-refractivity contribution < 1.29 is 4.79 Å². The van der Waals surface area contributed by atoms with E-state index in [2.05, 4.69) is 10.3 Å². The summed E-state index contributed by atoms with van der Waals surface area (Å²) in [6, 6.07) is 21.1.